The fourth-order valence-electron chi connectivity index (χ4n) is 1.89. The van der Waals surface area contributed by atoms with Crippen molar-refractivity contribution in [2.75, 3.05) is 0 Å². The van der Waals surface area contributed by atoms with Crippen LogP contribution in [-0.2, 0) is 19.1 Å². The van der Waals surface area contributed by atoms with Crippen molar-refractivity contribution in [3.8, 4) is 0 Å². The lowest BCUT2D eigenvalue weighted by Crippen LogP contribution is -2.28. The molecule has 0 aliphatic carbocycles. The molecule has 1 atom stereocenters. The van der Waals surface area contributed by atoms with E-state index in [1.54, 1.807) is 0 Å². The topological polar surface area (TPSA) is 72.5 Å². The number of carbonyl (C=O) groups is 3. The number of esters is 1. The maximum Gasteiger partial charge on any atom is 0.306 e. The van der Waals surface area contributed by atoms with Crippen molar-refractivity contribution in [1.29, 1.82) is 0 Å². The van der Waals surface area contributed by atoms with E-state index in [-0.39, 0.29) is 18.3 Å². The first-order valence-electron chi connectivity index (χ1n) is 6.66. The molecule has 0 saturated carbocycles. The quantitative estimate of drug-likeness (QED) is 0.407. The van der Waals surface area contributed by atoms with Gasteiger partial charge in [-0.05, 0) is 6.42 Å². The third kappa shape index (κ3) is 5.29. The second-order valence-corrected chi connectivity index (χ2v) is 4.61. The summed E-state index contributed by atoms with van der Waals surface area (Å²) in [6.07, 6.45) is 5.92. The number of carbonyl (C=O) groups excluding carboxylic acids is 3. The first-order valence-corrected chi connectivity index (χ1v) is 6.66. The summed E-state index contributed by atoms with van der Waals surface area (Å²) in [6, 6.07) is 0. The summed E-state index contributed by atoms with van der Waals surface area (Å²) in [6.45, 7) is 2.16. The van der Waals surface area contributed by atoms with Gasteiger partial charge in [-0.25, -0.2) is 0 Å². The van der Waals surface area contributed by atoms with Gasteiger partial charge in [0.25, 0.3) is 5.91 Å². The lowest BCUT2D eigenvalue weighted by Gasteiger charge is -2.08. The molecule has 1 fully saturated rings. The number of hydrogen-bond donors (Lipinski definition) is 1. The predicted molar refractivity (Wildman–Crippen MR) is 65.6 cm³/mol. The molecule has 5 heteroatoms. The highest BCUT2D eigenvalue weighted by molar-refractivity contribution is 6.05. The molecule has 0 spiro atoms. The van der Waals surface area contributed by atoms with E-state index in [0.717, 1.165) is 19.3 Å². The number of ether oxygens (including phenoxy) is 1. The average Bonchev–Trinajstić information content (AvgIpc) is 2.62. The van der Waals surface area contributed by atoms with Gasteiger partial charge in [-0.1, -0.05) is 39.0 Å². The Labute approximate surface area is 107 Å². The third-order valence-electron chi connectivity index (χ3n) is 2.93. The standard InChI is InChI=1S/C13H21NO4/c1-2-3-4-5-6-7-8-12(16)18-10-9-11(15)14-13(10)17/h10H,2-9H2,1H3,(H,14,15,17). The molecule has 0 bridgehead atoms. The van der Waals surface area contributed by atoms with Gasteiger partial charge in [0.2, 0.25) is 5.91 Å². The summed E-state index contributed by atoms with van der Waals surface area (Å²) in [5.74, 6) is -1.27. The minimum absolute atomic E-state index is 0.0406. The van der Waals surface area contributed by atoms with E-state index in [9.17, 15) is 14.4 Å². The first kappa shape index (κ1) is 14.7. The Kier molecular flexibility index (Phi) is 6.39. The molecule has 0 aromatic carbocycles. The Morgan fingerprint density at radius 1 is 1.22 bits per heavy atom. The van der Waals surface area contributed by atoms with Crippen LogP contribution in [0.1, 0.15) is 58.3 Å². The highest BCUT2D eigenvalue weighted by Gasteiger charge is 2.33. The van der Waals surface area contributed by atoms with Crippen LogP contribution in [0.3, 0.4) is 0 Å². The zero-order valence-corrected chi connectivity index (χ0v) is 10.9. The lowest BCUT2D eigenvalue weighted by molar-refractivity contribution is -0.154. The van der Waals surface area contributed by atoms with E-state index in [1.165, 1.54) is 19.3 Å². The molecule has 1 saturated heterocycles. The summed E-state index contributed by atoms with van der Waals surface area (Å²) in [7, 11) is 0. The van der Waals surface area contributed by atoms with E-state index in [2.05, 4.69) is 12.2 Å². The Morgan fingerprint density at radius 2 is 1.89 bits per heavy atom. The van der Waals surface area contributed by atoms with Crippen LogP contribution < -0.4 is 5.32 Å². The van der Waals surface area contributed by atoms with Crippen molar-refractivity contribution in [3.05, 3.63) is 0 Å². The summed E-state index contributed by atoms with van der Waals surface area (Å²) < 4.78 is 4.95. The Balaban J connectivity index is 2.07. The van der Waals surface area contributed by atoms with Crippen molar-refractivity contribution in [2.24, 2.45) is 0 Å². The van der Waals surface area contributed by atoms with Crippen LogP contribution >= 0.6 is 0 Å². The molecule has 2 amide bonds. The van der Waals surface area contributed by atoms with Crippen LogP contribution in [0.2, 0.25) is 0 Å². The summed E-state index contributed by atoms with van der Waals surface area (Å²) in [5.41, 5.74) is 0. The predicted octanol–water partition coefficient (Wildman–Crippen LogP) is 1.70. The zero-order chi connectivity index (χ0) is 13.4. The van der Waals surface area contributed by atoms with Crippen LogP contribution in [0.15, 0.2) is 0 Å². The fourth-order valence-corrected chi connectivity index (χ4v) is 1.89. The molecular formula is C13H21NO4. The van der Waals surface area contributed by atoms with E-state index >= 15 is 0 Å². The van der Waals surface area contributed by atoms with Gasteiger partial charge in [0, 0.05) is 6.42 Å². The van der Waals surface area contributed by atoms with Gasteiger partial charge in [0.15, 0.2) is 6.10 Å². The number of amides is 2. The zero-order valence-electron chi connectivity index (χ0n) is 10.9. The monoisotopic (exact) mass is 255 g/mol. The van der Waals surface area contributed by atoms with Gasteiger partial charge >= 0.3 is 5.97 Å². The number of hydrogen-bond acceptors (Lipinski definition) is 4. The van der Waals surface area contributed by atoms with E-state index in [0.29, 0.717) is 6.42 Å². The van der Waals surface area contributed by atoms with Crippen LogP contribution in [-0.4, -0.2) is 23.9 Å². The van der Waals surface area contributed by atoms with Crippen LogP contribution in [0, 0.1) is 0 Å². The summed E-state index contributed by atoms with van der Waals surface area (Å²) >= 11 is 0. The van der Waals surface area contributed by atoms with Crippen molar-refractivity contribution < 1.29 is 19.1 Å². The maximum atomic E-state index is 11.4. The lowest BCUT2D eigenvalue weighted by atomic mass is 10.1. The number of rotatable bonds is 8. The van der Waals surface area contributed by atoms with Crippen LogP contribution in [0.5, 0.6) is 0 Å². The second kappa shape index (κ2) is 7.84. The molecule has 1 aliphatic heterocycles. The highest BCUT2D eigenvalue weighted by atomic mass is 16.5. The minimum Gasteiger partial charge on any atom is -0.452 e. The number of nitrogens with one attached hydrogen (secondary N) is 1. The third-order valence-corrected chi connectivity index (χ3v) is 2.93. The first-order chi connectivity index (χ1) is 8.63. The summed E-state index contributed by atoms with van der Waals surface area (Å²) in [4.78, 5) is 33.5. The van der Waals surface area contributed by atoms with Crippen molar-refractivity contribution in [1.82, 2.24) is 5.32 Å². The number of imide groups is 1. The van der Waals surface area contributed by atoms with Gasteiger partial charge in [-0.3, -0.25) is 19.7 Å². The highest BCUT2D eigenvalue weighted by Crippen LogP contribution is 2.11. The molecule has 5 nitrogen and oxygen atoms in total. The van der Waals surface area contributed by atoms with Crippen molar-refractivity contribution >= 4 is 17.8 Å². The molecule has 0 aromatic heterocycles. The molecule has 102 valence electrons. The Morgan fingerprint density at radius 3 is 2.50 bits per heavy atom. The van der Waals surface area contributed by atoms with Crippen LogP contribution in [0.4, 0.5) is 0 Å². The molecule has 18 heavy (non-hydrogen) atoms. The molecular weight excluding hydrogens is 234 g/mol. The van der Waals surface area contributed by atoms with Gasteiger partial charge in [-0.2, -0.15) is 0 Å². The van der Waals surface area contributed by atoms with Crippen LogP contribution in [0.25, 0.3) is 0 Å². The molecule has 0 aromatic rings. The van der Waals surface area contributed by atoms with Gasteiger partial charge in [0.05, 0.1) is 6.42 Å². The van der Waals surface area contributed by atoms with Crippen molar-refractivity contribution in [2.45, 2.75) is 64.4 Å². The Hall–Kier alpha value is -1.39. The smallest absolute Gasteiger partial charge is 0.306 e. The Bertz CT molecular complexity index is 314. The van der Waals surface area contributed by atoms with Gasteiger partial charge in [0.1, 0.15) is 0 Å². The van der Waals surface area contributed by atoms with Gasteiger partial charge < -0.3 is 4.74 Å². The maximum absolute atomic E-state index is 11.4. The molecule has 1 unspecified atom stereocenters. The SMILES string of the molecule is CCCCCCCCC(=O)OC1CC(=O)NC1=O. The fraction of sp³-hybridized carbons (Fsp3) is 0.769. The molecule has 1 heterocycles. The van der Waals surface area contributed by atoms with Gasteiger partial charge in [-0.15, -0.1) is 0 Å². The average molecular weight is 255 g/mol. The normalized spacial score (nSPS) is 18.8. The van der Waals surface area contributed by atoms with Crippen molar-refractivity contribution in [3.63, 3.8) is 0 Å². The number of unbranched alkanes of at least 4 members (excludes halogenated alkanes) is 5. The molecule has 1 N–H and O–H groups in total. The molecule has 1 rings (SSSR count). The summed E-state index contributed by atoms with van der Waals surface area (Å²) in [5, 5.41) is 2.11. The minimum atomic E-state index is -0.912. The van der Waals surface area contributed by atoms with E-state index < -0.39 is 12.0 Å². The molecule has 1 aliphatic rings. The van der Waals surface area contributed by atoms with E-state index in [1.807, 2.05) is 0 Å². The second-order valence-electron chi connectivity index (χ2n) is 4.61. The largest absolute Gasteiger partial charge is 0.452 e. The van der Waals surface area contributed by atoms with E-state index in [4.69, 9.17) is 4.74 Å². The molecule has 0 radical (unpaired) electrons.